The first kappa shape index (κ1) is 21.8. The highest BCUT2D eigenvalue weighted by atomic mass is 16.5. The van der Waals surface area contributed by atoms with E-state index in [0.29, 0.717) is 11.4 Å². The lowest BCUT2D eigenvalue weighted by atomic mass is 9.98. The fourth-order valence-corrected chi connectivity index (χ4v) is 3.74. The van der Waals surface area contributed by atoms with Crippen molar-refractivity contribution >= 4 is 17.5 Å². The van der Waals surface area contributed by atoms with Crippen molar-refractivity contribution in [3.63, 3.8) is 0 Å². The van der Waals surface area contributed by atoms with Gasteiger partial charge in [-0.05, 0) is 30.5 Å². The number of rotatable bonds is 7. The SMILES string of the molecule is COc1cccc(NC(=O)C(c2ccccc2)N2CCC(NC(=O)C(C)C)CC2)c1. The van der Waals surface area contributed by atoms with E-state index in [9.17, 15) is 9.59 Å². The number of amides is 2. The number of nitrogens with zero attached hydrogens (tertiary/aromatic N) is 1. The number of benzene rings is 2. The Labute approximate surface area is 178 Å². The van der Waals surface area contributed by atoms with Crippen LogP contribution >= 0.6 is 0 Å². The molecule has 2 N–H and O–H groups in total. The molecule has 1 unspecified atom stereocenters. The quantitative estimate of drug-likeness (QED) is 0.733. The third kappa shape index (κ3) is 5.60. The van der Waals surface area contributed by atoms with E-state index >= 15 is 0 Å². The fraction of sp³-hybridized carbons (Fsp3) is 0.417. The van der Waals surface area contributed by atoms with Gasteiger partial charge in [0.1, 0.15) is 11.8 Å². The first-order valence-corrected chi connectivity index (χ1v) is 10.5. The van der Waals surface area contributed by atoms with E-state index in [1.54, 1.807) is 7.11 Å². The maximum absolute atomic E-state index is 13.3. The summed E-state index contributed by atoms with van der Waals surface area (Å²) in [6, 6.07) is 17.0. The average Bonchev–Trinajstić information content (AvgIpc) is 2.76. The van der Waals surface area contributed by atoms with Crippen molar-refractivity contribution in [3.8, 4) is 5.75 Å². The first-order chi connectivity index (χ1) is 14.5. The van der Waals surface area contributed by atoms with Gasteiger partial charge in [-0.25, -0.2) is 0 Å². The molecule has 3 rings (SSSR count). The van der Waals surface area contributed by atoms with Gasteiger partial charge in [-0.2, -0.15) is 0 Å². The van der Waals surface area contributed by atoms with E-state index in [4.69, 9.17) is 4.74 Å². The molecule has 2 aromatic rings. The summed E-state index contributed by atoms with van der Waals surface area (Å²) < 4.78 is 5.26. The van der Waals surface area contributed by atoms with Gasteiger partial charge in [0.15, 0.2) is 0 Å². The lowest BCUT2D eigenvalue weighted by Crippen LogP contribution is -2.48. The molecule has 0 radical (unpaired) electrons. The van der Waals surface area contributed by atoms with Gasteiger partial charge in [0.25, 0.3) is 0 Å². The zero-order valence-corrected chi connectivity index (χ0v) is 17.9. The molecular formula is C24H31N3O3. The van der Waals surface area contributed by atoms with Gasteiger partial charge in [-0.3, -0.25) is 14.5 Å². The summed E-state index contributed by atoms with van der Waals surface area (Å²) in [5, 5.41) is 6.16. The number of ether oxygens (including phenoxy) is 1. The first-order valence-electron chi connectivity index (χ1n) is 10.5. The van der Waals surface area contributed by atoms with Crippen molar-refractivity contribution in [2.75, 3.05) is 25.5 Å². The van der Waals surface area contributed by atoms with E-state index in [1.807, 2.05) is 68.4 Å². The summed E-state index contributed by atoms with van der Waals surface area (Å²) in [6.45, 7) is 5.29. The average molecular weight is 410 g/mol. The Morgan fingerprint density at radius 1 is 1.00 bits per heavy atom. The third-order valence-electron chi connectivity index (χ3n) is 5.47. The second-order valence-corrected chi connectivity index (χ2v) is 8.01. The predicted molar refractivity (Wildman–Crippen MR) is 118 cm³/mol. The molecule has 0 aromatic heterocycles. The summed E-state index contributed by atoms with van der Waals surface area (Å²) >= 11 is 0. The number of anilines is 1. The van der Waals surface area contributed by atoms with Crippen molar-refractivity contribution in [2.24, 2.45) is 5.92 Å². The molecule has 1 aliphatic rings. The fourth-order valence-electron chi connectivity index (χ4n) is 3.74. The van der Waals surface area contributed by atoms with Crippen molar-refractivity contribution in [3.05, 3.63) is 60.2 Å². The molecule has 0 bridgehead atoms. The largest absolute Gasteiger partial charge is 0.497 e. The molecule has 2 amide bonds. The highest BCUT2D eigenvalue weighted by molar-refractivity contribution is 5.95. The number of carbonyl (C=O) groups is 2. The van der Waals surface area contributed by atoms with Gasteiger partial charge in [0.2, 0.25) is 11.8 Å². The van der Waals surface area contributed by atoms with Crippen molar-refractivity contribution in [1.82, 2.24) is 10.2 Å². The van der Waals surface area contributed by atoms with Crippen molar-refractivity contribution < 1.29 is 14.3 Å². The Bertz CT molecular complexity index is 846. The minimum absolute atomic E-state index is 0.0197. The standard InChI is InChI=1S/C24H31N3O3/c1-17(2)23(28)25-19-12-14-27(15-13-19)22(18-8-5-4-6-9-18)24(29)26-20-10-7-11-21(16-20)30-3/h4-11,16-17,19,22H,12-15H2,1-3H3,(H,25,28)(H,26,29). The number of likely N-dealkylation sites (tertiary alicyclic amines) is 1. The smallest absolute Gasteiger partial charge is 0.246 e. The molecule has 1 saturated heterocycles. The Hall–Kier alpha value is -2.86. The van der Waals surface area contributed by atoms with E-state index < -0.39 is 0 Å². The van der Waals surface area contributed by atoms with Gasteiger partial charge >= 0.3 is 0 Å². The monoisotopic (exact) mass is 409 g/mol. The number of piperidine rings is 1. The minimum atomic E-state index is -0.390. The molecule has 2 aromatic carbocycles. The minimum Gasteiger partial charge on any atom is -0.497 e. The van der Waals surface area contributed by atoms with Crippen LogP contribution in [0.25, 0.3) is 0 Å². The summed E-state index contributed by atoms with van der Waals surface area (Å²) in [4.78, 5) is 27.5. The van der Waals surface area contributed by atoms with E-state index in [0.717, 1.165) is 31.5 Å². The van der Waals surface area contributed by atoms with Crippen LogP contribution in [0.3, 0.4) is 0 Å². The maximum atomic E-state index is 13.3. The molecule has 160 valence electrons. The number of hydrogen-bond acceptors (Lipinski definition) is 4. The number of hydrogen-bond donors (Lipinski definition) is 2. The van der Waals surface area contributed by atoms with Crippen LogP contribution in [0.1, 0.15) is 38.3 Å². The molecule has 1 fully saturated rings. The van der Waals surface area contributed by atoms with Crippen molar-refractivity contribution in [2.45, 2.75) is 38.8 Å². The van der Waals surface area contributed by atoms with Gasteiger partial charge in [-0.1, -0.05) is 50.2 Å². The van der Waals surface area contributed by atoms with E-state index in [-0.39, 0.29) is 29.8 Å². The molecule has 6 nitrogen and oxygen atoms in total. The van der Waals surface area contributed by atoms with Gasteiger partial charge in [-0.15, -0.1) is 0 Å². The molecule has 0 saturated carbocycles. The van der Waals surface area contributed by atoms with Crippen LogP contribution in [0.5, 0.6) is 5.75 Å². The van der Waals surface area contributed by atoms with Crippen LogP contribution in [0.15, 0.2) is 54.6 Å². The Morgan fingerprint density at radius 3 is 2.33 bits per heavy atom. The molecule has 1 heterocycles. The van der Waals surface area contributed by atoms with Crippen molar-refractivity contribution in [1.29, 1.82) is 0 Å². The molecule has 0 aliphatic carbocycles. The van der Waals surface area contributed by atoms with E-state index in [1.165, 1.54) is 0 Å². The highest BCUT2D eigenvalue weighted by Crippen LogP contribution is 2.27. The molecule has 1 atom stereocenters. The van der Waals surface area contributed by atoms with Gasteiger partial charge < -0.3 is 15.4 Å². The second kappa shape index (κ2) is 10.3. The van der Waals surface area contributed by atoms with Crippen LogP contribution in [-0.2, 0) is 9.59 Å². The van der Waals surface area contributed by atoms with Crippen LogP contribution in [0, 0.1) is 5.92 Å². The zero-order chi connectivity index (χ0) is 21.5. The summed E-state index contributed by atoms with van der Waals surface area (Å²) in [5.41, 5.74) is 1.67. The van der Waals surface area contributed by atoms with Crippen LogP contribution in [0.2, 0.25) is 0 Å². The number of carbonyl (C=O) groups excluding carboxylic acids is 2. The molecule has 30 heavy (non-hydrogen) atoms. The molecule has 6 heteroatoms. The highest BCUT2D eigenvalue weighted by Gasteiger charge is 2.31. The second-order valence-electron chi connectivity index (χ2n) is 8.01. The zero-order valence-electron chi connectivity index (χ0n) is 17.9. The lowest BCUT2D eigenvalue weighted by molar-refractivity contribution is -0.126. The molecule has 1 aliphatic heterocycles. The molecular weight excluding hydrogens is 378 g/mol. The maximum Gasteiger partial charge on any atom is 0.246 e. The van der Waals surface area contributed by atoms with E-state index in [2.05, 4.69) is 15.5 Å². The van der Waals surface area contributed by atoms with Crippen LogP contribution in [0.4, 0.5) is 5.69 Å². The summed E-state index contributed by atoms with van der Waals surface area (Å²) in [7, 11) is 1.61. The third-order valence-corrected chi connectivity index (χ3v) is 5.47. The summed E-state index contributed by atoms with van der Waals surface area (Å²) in [6.07, 6.45) is 1.66. The predicted octanol–water partition coefficient (Wildman–Crippen LogP) is 3.61. The Balaban J connectivity index is 1.72. The van der Waals surface area contributed by atoms with Crippen LogP contribution < -0.4 is 15.4 Å². The van der Waals surface area contributed by atoms with Gasteiger partial charge in [0.05, 0.1) is 7.11 Å². The number of nitrogens with one attached hydrogen (secondary N) is 2. The molecule has 0 spiro atoms. The Morgan fingerprint density at radius 2 is 1.70 bits per heavy atom. The number of methoxy groups -OCH3 is 1. The van der Waals surface area contributed by atoms with Gasteiger partial charge in [0, 0.05) is 36.8 Å². The normalized spacial score (nSPS) is 16.1. The Kier molecular flexibility index (Phi) is 7.46. The topological polar surface area (TPSA) is 70.7 Å². The van der Waals surface area contributed by atoms with Crippen LogP contribution in [-0.4, -0.2) is 43.0 Å². The lowest BCUT2D eigenvalue weighted by Gasteiger charge is -2.37. The summed E-state index contributed by atoms with van der Waals surface area (Å²) in [5.74, 6) is 0.697.